The fourth-order valence-electron chi connectivity index (χ4n) is 0.431. The molecule has 0 aromatic rings. The molecule has 0 amide bonds. The first-order chi connectivity index (χ1) is 4.04. The summed E-state index contributed by atoms with van der Waals surface area (Å²) in [5.74, 6) is 0. The van der Waals surface area contributed by atoms with Gasteiger partial charge < -0.3 is 11.1 Å². The minimum absolute atomic E-state index is 0.0515. The van der Waals surface area contributed by atoms with Crippen molar-refractivity contribution in [2.24, 2.45) is 11.1 Å². The molecule has 0 radical (unpaired) electrons. The summed E-state index contributed by atoms with van der Waals surface area (Å²) in [5.41, 5.74) is 5.40. The molecule has 0 aliphatic carbocycles. The molecule has 0 heterocycles. The van der Waals surface area contributed by atoms with E-state index < -0.39 is 0 Å². The van der Waals surface area contributed by atoms with Gasteiger partial charge in [0.2, 0.25) is 0 Å². The van der Waals surface area contributed by atoms with Crippen LogP contribution in [0.15, 0.2) is 0 Å². The van der Waals surface area contributed by atoms with Gasteiger partial charge in [0.1, 0.15) is 0 Å². The lowest BCUT2D eigenvalue weighted by Gasteiger charge is -2.22. The van der Waals surface area contributed by atoms with Crippen LogP contribution in [-0.4, -0.2) is 18.6 Å². The number of nitrogens with two attached hydrogens (primary N) is 1. The zero-order valence-corrected chi connectivity index (χ0v) is 7.01. The largest absolute Gasteiger partial charge is 0.382 e. The molecule has 0 unspecified atom stereocenters. The zero-order chi connectivity index (χ0) is 7.49. The van der Waals surface area contributed by atoms with Gasteiger partial charge in [0, 0.05) is 19.0 Å². The lowest BCUT2D eigenvalue weighted by atomic mass is 9.94. The maximum absolute atomic E-state index is 5.46. The van der Waals surface area contributed by atoms with E-state index in [-0.39, 0.29) is 5.41 Å². The van der Waals surface area contributed by atoms with E-state index in [1.165, 1.54) is 0 Å². The summed E-state index contributed by atoms with van der Waals surface area (Å²) in [6.45, 7) is 4.63. The molecule has 0 aromatic carbocycles. The Morgan fingerprint density at radius 2 is 2.11 bits per heavy atom. The molecule has 0 bridgehead atoms. The number of rotatable bonds is 2. The topological polar surface area (TPSA) is 38.0 Å². The molecule has 0 atom stereocenters. The predicted molar refractivity (Wildman–Crippen MR) is 44.5 cm³/mol. The van der Waals surface area contributed by atoms with Crippen molar-refractivity contribution in [3.8, 4) is 0 Å². The normalized spacial score (nSPS) is 11.1. The molecular weight excluding hydrogens is 132 g/mol. The molecule has 0 spiro atoms. The van der Waals surface area contributed by atoms with E-state index in [4.69, 9.17) is 18.0 Å². The van der Waals surface area contributed by atoms with Crippen LogP contribution in [0.4, 0.5) is 0 Å². The molecule has 3 N–H and O–H groups in total. The van der Waals surface area contributed by atoms with Gasteiger partial charge in [-0.1, -0.05) is 26.1 Å². The molecule has 0 aliphatic heterocycles. The standard InChI is InChI=1S/C6H14N2S/c1-6(2,4-7)5(9)8-3/h4,7H2,1-3H3,(H,8,9). The van der Waals surface area contributed by atoms with Crippen LogP contribution in [0.1, 0.15) is 13.8 Å². The van der Waals surface area contributed by atoms with Crippen LogP contribution in [0.5, 0.6) is 0 Å². The predicted octanol–water partition coefficient (Wildman–Crippen LogP) is 0.518. The van der Waals surface area contributed by atoms with Crippen molar-refractivity contribution in [2.45, 2.75) is 13.8 Å². The highest BCUT2D eigenvalue weighted by molar-refractivity contribution is 7.80. The number of nitrogens with one attached hydrogen (secondary N) is 1. The van der Waals surface area contributed by atoms with Gasteiger partial charge in [-0.05, 0) is 0 Å². The minimum Gasteiger partial charge on any atom is -0.382 e. The Balaban J connectivity index is 3.97. The van der Waals surface area contributed by atoms with Gasteiger partial charge in [-0.2, -0.15) is 0 Å². The van der Waals surface area contributed by atoms with Crippen LogP contribution in [0.2, 0.25) is 0 Å². The van der Waals surface area contributed by atoms with E-state index in [0.717, 1.165) is 4.99 Å². The zero-order valence-electron chi connectivity index (χ0n) is 6.19. The van der Waals surface area contributed by atoms with E-state index in [1.807, 2.05) is 20.9 Å². The summed E-state index contributed by atoms with van der Waals surface area (Å²) in [7, 11) is 1.82. The molecule has 0 rings (SSSR count). The Hall–Kier alpha value is -0.150. The molecule has 0 saturated carbocycles. The number of hydrogen-bond donors (Lipinski definition) is 2. The monoisotopic (exact) mass is 146 g/mol. The third kappa shape index (κ3) is 2.28. The second-order valence-electron chi connectivity index (χ2n) is 2.67. The second kappa shape index (κ2) is 3.13. The van der Waals surface area contributed by atoms with Crippen molar-refractivity contribution in [1.29, 1.82) is 0 Å². The highest BCUT2D eigenvalue weighted by atomic mass is 32.1. The molecule has 0 fully saturated rings. The van der Waals surface area contributed by atoms with Gasteiger partial charge in [0.25, 0.3) is 0 Å². The van der Waals surface area contributed by atoms with E-state index in [1.54, 1.807) is 0 Å². The molecule has 9 heavy (non-hydrogen) atoms. The van der Waals surface area contributed by atoms with E-state index in [0.29, 0.717) is 6.54 Å². The first-order valence-electron chi connectivity index (χ1n) is 2.97. The summed E-state index contributed by atoms with van der Waals surface area (Å²) in [6, 6.07) is 0. The van der Waals surface area contributed by atoms with Crippen LogP contribution in [0, 0.1) is 5.41 Å². The summed E-state index contributed by atoms with van der Waals surface area (Å²) in [6.07, 6.45) is 0. The average Bonchev–Trinajstić information content (AvgIpc) is 1.86. The van der Waals surface area contributed by atoms with Crippen LogP contribution in [-0.2, 0) is 0 Å². The molecule has 2 nitrogen and oxygen atoms in total. The van der Waals surface area contributed by atoms with E-state index in [2.05, 4.69) is 5.32 Å². The quantitative estimate of drug-likeness (QED) is 0.558. The summed E-state index contributed by atoms with van der Waals surface area (Å²) >= 11 is 5.00. The van der Waals surface area contributed by atoms with Crippen molar-refractivity contribution in [2.75, 3.05) is 13.6 Å². The van der Waals surface area contributed by atoms with Gasteiger partial charge in [0.15, 0.2) is 0 Å². The van der Waals surface area contributed by atoms with Gasteiger partial charge in [0.05, 0.1) is 4.99 Å². The van der Waals surface area contributed by atoms with Crippen LogP contribution in [0.25, 0.3) is 0 Å². The van der Waals surface area contributed by atoms with Crippen LogP contribution >= 0.6 is 12.2 Å². The van der Waals surface area contributed by atoms with Crippen molar-refractivity contribution in [1.82, 2.24) is 5.32 Å². The second-order valence-corrected chi connectivity index (χ2v) is 3.08. The van der Waals surface area contributed by atoms with Gasteiger partial charge >= 0.3 is 0 Å². The fraction of sp³-hybridized carbons (Fsp3) is 0.833. The minimum atomic E-state index is -0.0515. The lowest BCUT2D eigenvalue weighted by molar-refractivity contribution is 0.532. The summed E-state index contributed by atoms with van der Waals surface area (Å²) in [4.78, 5) is 0.824. The highest BCUT2D eigenvalue weighted by Crippen LogP contribution is 2.12. The maximum Gasteiger partial charge on any atom is 0.0820 e. The summed E-state index contributed by atoms with van der Waals surface area (Å²) < 4.78 is 0. The molecule has 0 saturated heterocycles. The Kier molecular flexibility index (Phi) is 3.08. The molecule has 0 aliphatic rings. The van der Waals surface area contributed by atoms with Gasteiger partial charge in [-0.15, -0.1) is 0 Å². The fourth-order valence-corrected chi connectivity index (χ4v) is 0.514. The van der Waals surface area contributed by atoms with Gasteiger partial charge in [-0.3, -0.25) is 0 Å². The SMILES string of the molecule is CNC(=S)C(C)(C)CN. The van der Waals surface area contributed by atoms with Crippen LogP contribution in [0.3, 0.4) is 0 Å². The molecular formula is C6H14N2S. The third-order valence-corrected chi connectivity index (χ3v) is 2.11. The van der Waals surface area contributed by atoms with Crippen molar-refractivity contribution in [3.05, 3.63) is 0 Å². The van der Waals surface area contributed by atoms with E-state index in [9.17, 15) is 0 Å². The first kappa shape index (κ1) is 8.85. The number of hydrogen-bond acceptors (Lipinski definition) is 2. The Bertz CT molecular complexity index is 110. The molecule has 3 heteroatoms. The highest BCUT2D eigenvalue weighted by Gasteiger charge is 2.19. The van der Waals surface area contributed by atoms with Crippen LogP contribution < -0.4 is 11.1 Å². The summed E-state index contributed by atoms with van der Waals surface area (Å²) in [5, 5.41) is 2.91. The average molecular weight is 146 g/mol. The first-order valence-corrected chi connectivity index (χ1v) is 3.37. The lowest BCUT2D eigenvalue weighted by Crippen LogP contribution is -2.38. The van der Waals surface area contributed by atoms with E-state index >= 15 is 0 Å². The Morgan fingerprint density at radius 1 is 1.67 bits per heavy atom. The van der Waals surface area contributed by atoms with Crippen molar-refractivity contribution < 1.29 is 0 Å². The maximum atomic E-state index is 5.46. The smallest absolute Gasteiger partial charge is 0.0820 e. The third-order valence-electron chi connectivity index (χ3n) is 1.35. The Labute approximate surface area is 61.8 Å². The van der Waals surface area contributed by atoms with Crippen molar-refractivity contribution in [3.63, 3.8) is 0 Å². The Morgan fingerprint density at radius 3 is 2.22 bits per heavy atom. The van der Waals surface area contributed by atoms with Gasteiger partial charge in [-0.25, -0.2) is 0 Å². The van der Waals surface area contributed by atoms with Crippen molar-refractivity contribution >= 4 is 17.2 Å². The molecule has 54 valence electrons. The number of thiocarbonyl (C=S) groups is 1. The molecule has 0 aromatic heterocycles.